The van der Waals surface area contributed by atoms with Crippen molar-refractivity contribution in [3.05, 3.63) is 100 Å². The monoisotopic (exact) mass is 500 g/mol. The number of methoxy groups -OCH3 is 1. The standard InChI is InChI=1S/C27H27ClF2N2O3/c1-34-23-4-2-3-19(15-23)18-35-26(20-5-7-21(28)8-6-20)17-31-11-13-32(14-12-31)27(33)24-10-9-22(29)16-25(24)30/h2-10,15-16,26H,11-14,17-18H2,1H3/t26-/m0/s1. The molecule has 1 fully saturated rings. The van der Waals surface area contributed by atoms with Crippen LogP contribution in [-0.4, -0.2) is 55.5 Å². The first-order valence-electron chi connectivity index (χ1n) is 11.4. The lowest BCUT2D eigenvalue weighted by molar-refractivity contribution is 0.00333. The van der Waals surface area contributed by atoms with E-state index in [1.807, 2.05) is 48.5 Å². The molecule has 3 aromatic rings. The number of benzene rings is 3. The molecule has 0 unspecified atom stereocenters. The summed E-state index contributed by atoms with van der Waals surface area (Å²) < 4.78 is 38.9. The Labute approximate surface area is 208 Å². The predicted octanol–water partition coefficient (Wildman–Crippen LogP) is 5.34. The molecule has 4 rings (SSSR count). The number of piperazine rings is 1. The van der Waals surface area contributed by atoms with Crippen LogP contribution in [0.2, 0.25) is 5.02 Å². The maximum atomic E-state index is 14.1. The van der Waals surface area contributed by atoms with Gasteiger partial charge in [-0.25, -0.2) is 8.78 Å². The van der Waals surface area contributed by atoms with Gasteiger partial charge in [0, 0.05) is 43.8 Å². The van der Waals surface area contributed by atoms with E-state index in [9.17, 15) is 13.6 Å². The Kier molecular flexibility index (Phi) is 8.33. The molecule has 184 valence electrons. The molecule has 5 nitrogen and oxygen atoms in total. The number of hydrogen-bond acceptors (Lipinski definition) is 4. The minimum atomic E-state index is -0.842. The van der Waals surface area contributed by atoms with Crippen LogP contribution in [0, 0.1) is 11.6 Å². The Balaban J connectivity index is 1.40. The van der Waals surface area contributed by atoms with Crippen molar-refractivity contribution in [2.24, 2.45) is 0 Å². The van der Waals surface area contributed by atoms with Crippen molar-refractivity contribution in [1.82, 2.24) is 9.80 Å². The maximum absolute atomic E-state index is 14.1. The lowest BCUT2D eigenvalue weighted by atomic mass is 10.1. The average Bonchev–Trinajstić information content (AvgIpc) is 2.87. The number of rotatable bonds is 8. The zero-order valence-corrected chi connectivity index (χ0v) is 20.2. The van der Waals surface area contributed by atoms with Crippen molar-refractivity contribution < 1.29 is 23.0 Å². The van der Waals surface area contributed by atoms with E-state index in [-0.39, 0.29) is 11.7 Å². The molecule has 0 N–H and O–H groups in total. The van der Waals surface area contributed by atoms with Gasteiger partial charge in [-0.1, -0.05) is 35.9 Å². The Bertz CT molecular complexity index is 1150. The van der Waals surface area contributed by atoms with E-state index in [2.05, 4.69) is 4.90 Å². The maximum Gasteiger partial charge on any atom is 0.256 e. The summed E-state index contributed by atoms with van der Waals surface area (Å²) in [5, 5.41) is 0.653. The van der Waals surface area contributed by atoms with Gasteiger partial charge in [0.25, 0.3) is 5.91 Å². The predicted molar refractivity (Wildman–Crippen MR) is 131 cm³/mol. The molecule has 0 radical (unpaired) electrons. The number of carbonyl (C=O) groups is 1. The van der Waals surface area contributed by atoms with E-state index >= 15 is 0 Å². The highest BCUT2D eigenvalue weighted by atomic mass is 35.5. The van der Waals surface area contributed by atoms with E-state index in [1.165, 1.54) is 6.07 Å². The second kappa shape index (κ2) is 11.6. The molecule has 8 heteroatoms. The third-order valence-electron chi connectivity index (χ3n) is 6.07. The SMILES string of the molecule is COc1cccc(CO[C@@H](CN2CCN(C(=O)c3ccc(F)cc3F)CC2)c2ccc(Cl)cc2)c1. The quantitative estimate of drug-likeness (QED) is 0.418. The Morgan fingerprint density at radius 1 is 1.00 bits per heavy atom. The first-order chi connectivity index (χ1) is 16.9. The van der Waals surface area contributed by atoms with E-state index in [0.717, 1.165) is 29.0 Å². The van der Waals surface area contributed by atoms with Crippen LogP contribution in [0.1, 0.15) is 27.6 Å². The van der Waals surface area contributed by atoms with E-state index in [4.69, 9.17) is 21.1 Å². The molecule has 1 saturated heterocycles. The van der Waals surface area contributed by atoms with Crippen LogP contribution >= 0.6 is 11.6 Å². The molecule has 0 bridgehead atoms. The third kappa shape index (κ3) is 6.57. The minimum Gasteiger partial charge on any atom is -0.497 e. The molecule has 1 aliphatic heterocycles. The highest BCUT2D eigenvalue weighted by Gasteiger charge is 2.26. The van der Waals surface area contributed by atoms with Gasteiger partial charge in [-0.2, -0.15) is 0 Å². The first kappa shape index (κ1) is 25.1. The number of halogens is 3. The van der Waals surface area contributed by atoms with Crippen LogP contribution in [0.4, 0.5) is 8.78 Å². The normalized spacial score (nSPS) is 15.1. The minimum absolute atomic E-state index is 0.111. The second-order valence-electron chi connectivity index (χ2n) is 8.42. The smallest absolute Gasteiger partial charge is 0.256 e. The molecule has 0 aromatic heterocycles. The van der Waals surface area contributed by atoms with Gasteiger partial charge in [0.2, 0.25) is 0 Å². The molecule has 0 spiro atoms. The summed E-state index contributed by atoms with van der Waals surface area (Å²) in [5.74, 6) is -1.20. The highest BCUT2D eigenvalue weighted by molar-refractivity contribution is 6.30. The molecule has 35 heavy (non-hydrogen) atoms. The molecular weight excluding hydrogens is 474 g/mol. The molecule has 0 saturated carbocycles. The van der Waals surface area contributed by atoms with Crippen LogP contribution in [0.25, 0.3) is 0 Å². The average molecular weight is 501 g/mol. The summed E-state index contributed by atoms with van der Waals surface area (Å²) in [6.07, 6.45) is -0.213. The van der Waals surface area contributed by atoms with Crippen molar-refractivity contribution >= 4 is 17.5 Å². The van der Waals surface area contributed by atoms with Gasteiger partial charge in [0.1, 0.15) is 17.4 Å². The molecule has 1 heterocycles. The lowest BCUT2D eigenvalue weighted by Crippen LogP contribution is -2.49. The first-order valence-corrected chi connectivity index (χ1v) is 11.8. The Morgan fingerprint density at radius 3 is 2.43 bits per heavy atom. The largest absolute Gasteiger partial charge is 0.497 e. The molecular formula is C27H27ClF2N2O3. The molecule has 1 atom stereocenters. The van der Waals surface area contributed by atoms with Gasteiger partial charge < -0.3 is 14.4 Å². The van der Waals surface area contributed by atoms with Crippen LogP contribution in [0.5, 0.6) is 5.75 Å². The van der Waals surface area contributed by atoms with E-state index in [0.29, 0.717) is 44.4 Å². The summed E-state index contributed by atoms with van der Waals surface area (Å²) >= 11 is 6.08. The summed E-state index contributed by atoms with van der Waals surface area (Å²) in [5.41, 5.74) is 1.89. The van der Waals surface area contributed by atoms with Gasteiger partial charge in [-0.3, -0.25) is 9.69 Å². The Morgan fingerprint density at radius 2 is 1.74 bits per heavy atom. The Hall–Kier alpha value is -3.00. The zero-order valence-electron chi connectivity index (χ0n) is 19.4. The summed E-state index contributed by atoms with van der Waals surface area (Å²) in [6.45, 7) is 3.14. The lowest BCUT2D eigenvalue weighted by Gasteiger charge is -2.36. The van der Waals surface area contributed by atoms with Gasteiger partial charge in [0.05, 0.1) is 25.4 Å². The molecule has 0 aliphatic carbocycles. The van der Waals surface area contributed by atoms with Gasteiger partial charge in [0.15, 0.2) is 0 Å². The fourth-order valence-corrected chi connectivity index (χ4v) is 4.22. The summed E-state index contributed by atoms with van der Waals surface area (Å²) in [7, 11) is 1.63. The number of nitrogens with zero attached hydrogens (tertiary/aromatic N) is 2. The zero-order chi connectivity index (χ0) is 24.8. The number of amides is 1. The number of hydrogen-bond donors (Lipinski definition) is 0. The third-order valence-corrected chi connectivity index (χ3v) is 6.32. The van der Waals surface area contributed by atoms with Gasteiger partial charge in [-0.15, -0.1) is 0 Å². The number of ether oxygens (including phenoxy) is 2. The van der Waals surface area contributed by atoms with Gasteiger partial charge in [-0.05, 0) is 47.5 Å². The summed E-state index contributed by atoms with van der Waals surface area (Å²) in [6, 6.07) is 18.4. The van der Waals surface area contributed by atoms with Crippen molar-refractivity contribution in [2.75, 3.05) is 39.8 Å². The van der Waals surface area contributed by atoms with E-state index < -0.39 is 17.5 Å². The van der Waals surface area contributed by atoms with Crippen LogP contribution in [0.3, 0.4) is 0 Å². The summed E-state index contributed by atoms with van der Waals surface area (Å²) in [4.78, 5) is 16.5. The molecule has 1 aliphatic rings. The topological polar surface area (TPSA) is 42.0 Å². The fourth-order valence-electron chi connectivity index (χ4n) is 4.09. The van der Waals surface area contributed by atoms with Gasteiger partial charge >= 0.3 is 0 Å². The molecule has 3 aromatic carbocycles. The van der Waals surface area contributed by atoms with Crippen LogP contribution in [0.15, 0.2) is 66.7 Å². The van der Waals surface area contributed by atoms with Crippen molar-refractivity contribution in [2.45, 2.75) is 12.7 Å². The van der Waals surface area contributed by atoms with Crippen LogP contribution < -0.4 is 4.74 Å². The number of carbonyl (C=O) groups excluding carboxylic acids is 1. The fraction of sp³-hybridized carbons (Fsp3) is 0.296. The second-order valence-corrected chi connectivity index (χ2v) is 8.86. The molecule has 1 amide bonds. The van der Waals surface area contributed by atoms with Crippen molar-refractivity contribution in [3.63, 3.8) is 0 Å². The van der Waals surface area contributed by atoms with Crippen molar-refractivity contribution in [3.8, 4) is 5.75 Å². The van der Waals surface area contributed by atoms with E-state index in [1.54, 1.807) is 12.0 Å². The highest BCUT2D eigenvalue weighted by Crippen LogP contribution is 2.24. The van der Waals surface area contributed by atoms with Crippen LogP contribution in [-0.2, 0) is 11.3 Å². The van der Waals surface area contributed by atoms with Crippen molar-refractivity contribution in [1.29, 1.82) is 0 Å².